The second-order valence-corrected chi connectivity index (χ2v) is 4.43. The van der Waals surface area contributed by atoms with Gasteiger partial charge in [0, 0.05) is 19.2 Å². The summed E-state index contributed by atoms with van der Waals surface area (Å²) in [5.41, 5.74) is 7.30. The van der Waals surface area contributed by atoms with Crippen LogP contribution in [0.2, 0.25) is 5.15 Å². The lowest BCUT2D eigenvalue weighted by Crippen LogP contribution is -2.20. The Morgan fingerprint density at radius 3 is 2.79 bits per heavy atom. The number of aromatic nitrogens is 2. The minimum atomic E-state index is 0.261. The van der Waals surface area contributed by atoms with Crippen molar-refractivity contribution < 1.29 is 4.74 Å². The van der Waals surface area contributed by atoms with Crippen LogP contribution in [0.5, 0.6) is 5.75 Å². The van der Waals surface area contributed by atoms with E-state index in [-0.39, 0.29) is 5.15 Å². The summed E-state index contributed by atoms with van der Waals surface area (Å²) < 4.78 is 5.32. The number of para-hydroxylation sites is 1. The quantitative estimate of drug-likeness (QED) is 0.870. The van der Waals surface area contributed by atoms with Gasteiger partial charge in [-0.05, 0) is 6.07 Å². The standard InChI is InChI=1S/C13H15ClN4O/c1-18(13-11(15)12(14)16-8-17-13)7-9-5-3-4-6-10(9)19-2/h3-6,8H,7,15H2,1-2H3. The SMILES string of the molecule is COc1ccccc1CN(C)c1ncnc(Cl)c1N. The maximum Gasteiger partial charge on any atom is 0.157 e. The van der Waals surface area contributed by atoms with Crippen molar-refractivity contribution in [1.29, 1.82) is 0 Å². The highest BCUT2D eigenvalue weighted by molar-refractivity contribution is 6.32. The molecular weight excluding hydrogens is 264 g/mol. The summed E-state index contributed by atoms with van der Waals surface area (Å²) in [4.78, 5) is 9.90. The summed E-state index contributed by atoms with van der Waals surface area (Å²) in [6, 6.07) is 7.80. The van der Waals surface area contributed by atoms with Gasteiger partial charge in [0.2, 0.25) is 0 Å². The van der Waals surface area contributed by atoms with Gasteiger partial charge in [0.05, 0.1) is 7.11 Å². The fourth-order valence-electron chi connectivity index (χ4n) is 1.83. The first-order valence-electron chi connectivity index (χ1n) is 5.72. The third-order valence-corrected chi connectivity index (χ3v) is 3.08. The Balaban J connectivity index is 2.26. The van der Waals surface area contributed by atoms with Crippen LogP contribution in [-0.4, -0.2) is 24.1 Å². The van der Waals surface area contributed by atoms with Gasteiger partial charge < -0.3 is 15.4 Å². The largest absolute Gasteiger partial charge is 0.496 e. The van der Waals surface area contributed by atoms with Gasteiger partial charge in [-0.25, -0.2) is 9.97 Å². The smallest absolute Gasteiger partial charge is 0.157 e. The van der Waals surface area contributed by atoms with Gasteiger partial charge in [0.15, 0.2) is 11.0 Å². The first kappa shape index (κ1) is 13.4. The number of benzene rings is 1. The second kappa shape index (κ2) is 5.75. The predicted molar refractivity (Wildman–Crippen MR) is 76.6 cm³/mol. The molecule has 2 N–H and O–H groups in total. The van der Waals surface area contributed by atoms with E-state index in [4.69, 9.17) is 22.1 Å². The van der Waals surface area contributed by atoms with E-state index in [0.717, 1.165) is 11.3 Å². The average molecular weight is 279 g/mol. The molecule has 1 heterocycles. The molecule has 0 saturated heterocycles. The molecule has 2 aromatic rings. The summed E-state index contributed by atoms with van der Waals surface area (Å²) in [6.45, 7) is 0.613. The van der Waals surface area contributed by atoms with E-state index >= 15 is 0 Å². The molecule has 0 amide bonds. The molecule has 6 heteroatoms. The molecule has 0 bridgehead atoms. The number of hydrogen-bond donors (Lipinski definition) is 1. The zero-order valence-electron chi connectivity index (χ0n) is 10.8. The van der Waals surface area contributed by atoms with Gasteiger partial charge in [-0.2, -0.15) is 0 Å². The molecule has 1 aromatic heterocycles. The third kappa shape index (κ3) is 2.88. The number of methoxy groups -OCH3 is 1. The Kier molecular flexibility index (Phi) is 4.06. The van der Waals surface area contributed by atoms with Crippen LogP contribution < -0.4 is 15.4 Å². The molecule has 0 aliphatic heterocycles. The summed E-state index contributed by atoms with van der Waals surface area (Å²) in [7, 11) is 3.54. The van der Waals surface area contributed by atoms with Crippen LogP contribution in [0.15, 0.2) is 30.6 Å². The van der Waals surface area contributed by atoms with Crippen LogP contribution in [0.25, 0.3) is 0 Å². The van der Waals surface area contributed by atoms with Crippen molar-refractivity contribution in [2.75, 3.05) is 24.8 Å². The van der Waals surface area contributed by atoms with Crippen LogP contribution in [-0.2, 0) is 6.54 Å². The van der Waals surface area contributed by atoms with Crippen molar-refractivity contribution in [3.05, 3.63) is 41.3 Å². The Bertz CT molecular complexity index is 576. The summed E-state index contributed by atoms with van der Waals surface area (Å²) in [5, 5.41) is 0.261. The topological polar surface area (TPSA) is 64.3 Å². The van der Waals surface area contributed by atoms with Gasteiger partial charge in [-0.1, -0.05) is 29.8 Å². The number of rotatable bonds is 4. The Morgan fingerprint density at radius 1 is 1.32 bits per heavy atom. The van der Waals surface area contributed by atoms with E-state index in [1.165, 1.54) is 6.33 Å². The molecule has 5 nitrogen and oxygen atoms in total. The number of ether oxygens (including phenoxy) is 1. The summed E-state index contributed by atoms with van der Waals surface area (Å²) >= 11 is 5.89. The van der Waals surface area contributed by atoms with Gasteiger partial charge >= 0.3 is 0 Å². The van der Waals surface area contributed by atoms with Crippen molar-refractivity contribution in [3.8, 4) is 5.75 Å². The Hall–Kier alpha value is -2.01. The Labute approximate surface area is 117 Å². The molecule has 0 atom stereocenters. The molecule has 0 radical (unpaired) electrons. The first-order valence-corrected chi connectivity index (χ1v) is 6.10. The molecule has 0 unspecified atom stereocenters. The minimum Gasteiger partial charge on any atom is -0.496 e. The molecule has 2 rings (SSSR count). The monoisotopic (exact) mass is 278 g/mol. The highest BCUT2D eigenvalue weighted by Crippen LogP contribution is 2.27. The maximum absolute atomic E-state index is 5.89. The molecule has 0 aliphatic rings. The van der Waals surface area contributed by atoms with Crippen molar-refractivity contribution >= 4 is 23.1 Å². The lowest BCUT2D eigenvalue weighted by Gasteiger charge is -2.21. The average Bonchev–Trinajstić information content (AvgIpc) is 2.42. The van der Waals surface area contributed by atoms with Gasteiger partial charge in [-0.3, -0.25) is 0 Å². The predicted octanol–water partition coefficient (Wildman–Crippen LogP) is 2.36. The van der Waals surface area contributed by atoms with Gasteiger partial charge in [0.25, 0.3) is 0 Å². The van der Waals surface area contributed by atoms with E-state index in [1.54, 1.807) is 7.11 Å². The molecule has 0 spiro atoms. The van der Waals surface area contributed by atoms with Crippen LogP contribution in [0.3, 0.4) is 0 Å². The molecule has 0 saturated carbocycles. The van der Waals surface area contributed by atoms with Crippen LogP contribution in [0.4, 0.5) is 11.5 Å². The summed E-state index contributed by atoms with van der Waals surface area (Å²) in [5.74, 6) is 1.43. The molecule has 19 heavy (non-hydrogen) atoms. The van der Waals surface area contributed by atoms with Crippen molar-refractivity contribution in [1.82, 2.24) is 9.97 Å². The number of nitrogens with zero attached hydrogens (tertiary/aromatic N) is 3. The minimum absolute atomic E-state index is 0.261. The van der Waals surface area contributed by atoms with Crippen LogP contribution in [0.1, 0.15) is 5.56 Å². The van der Waals surface area contributed by atoms with E-state index in [9.17, 15) is 0 Å². The zero-order chi connectivity index (χ0) is 13.8. The third-order valence-electron chi connectivity index (χ3n) is 2.78. The van der Waals surface area contributed by atoms with Crippen molar-refractivity contribution in [2.24, 2.45) is 0 Å². The fraction of sp³-hybridized carbons (Fsp3) is 0.231. The van der Waals surface area contributed by atoms with Crippen LogP contribution >= 0.6 is 11.6 Å². The van der Waals surface area contributed by atoms with Crippen LogP contribution in [0, 0.1) is 0 Å². The number of hydrogen-bond acceptors (Lipinski definition) is 5. The highest BCUT2D eigenvalue weighted by Gasteiger charge is 2.12. The fourth-order valence-corrected chi connectivity index (χ4v) is 1.96. The van der Waals surface area contributed by atoms with E-state index in [0.29, 0.717) is 18.1 Å². The van der Waals surface area contributed by atoms with E-state index < -0.39 is 0 Å². The highest BCUT2D eigenvalue weighted by atomic mass is 35.5. The lowest BCUT2D eigenvalue weighted by molar-refractivity contribution is 0.409. The molecular formula is C13H15ClN4O. The first-order chi connectivity index (χ1) is 9.13. The molecule has 0 fully saturated rings. The summed E-state index contributed by atoms with van der Waals surface area (Å²) in [6.07, 6.45) is 1.40. The molecule has 0 aliphatic carbocycles. The maximum atomic E-state index is 5.89. The number of nitrogens with two attached hydrogens (primary N) is 1. The normalized spacial score (nSPS) is 10.3. The second-order valence-electron chi connectivity index (χ2n) is 4.07. The molecule has 1 aromatic carbocycles. The zero-order valence-corrected chi connectivity index (χ0v) is 11.6. The van der Waals surface area contributed by atoms with Crippen molar-refractivity contribution in [2.45, 2.75) is 6.54 Å². The van der Waals surface area contributed by atoms with E-state index in [1.807, 2.05) is 36.2 Å². The Morgan fingerprint density at radius 2 is 2.05 bits per heavy atom. The lowest BCUT2D eigenvalue weighted by atomic mass is 10.2. The van der Waals surface area contributed by atoms with Gasteiger partial charge in [0.1, 0.15) is 17.8 Å². The van der Waals surface area contributed by atoms with E-state index in [2.05, 4.69) is 9.97 Å². The van der Waals surface area contributed by atoms with Crippen molar-refractivity contribution in [3.63, 3.8) is 0 Å². The van der Waals surface area contributed by atoms with Gasteiger partial charge in [-0.15, -0.1) is 0 Å². The number of halogens is 1. The molecule has 100 valence electrons. The number of anilines is 2. The number of nitrogen functional groups attached to an aromatic ring is 1.